The van der Waals surface area contributed by atoms with Crippen molar-refractivity contribution in [1.29, 1.82) is 0 Å². The summed E-state index contributed by atoms with van der Waals surface area (Å²) < 4.78 is 17.4. The van der Waals surface area contributed by atoms with Crippen LogP contribution < -0.4 is 4.74 Å². The Kier molecular flexibility index (Phi) is 7.75. The molecule has 2 rings (SSSR count). The van der Waals surface area contributed by atoms with E-state index in [0.29, 0.717) is 19.8 Å². The molecule has 1 fully saturated rings. The van der Waals surface area contributed by atoms with E-state index in [2.05, 4.69) is 19.1 Å². The molecule has 0 bridgehead atoms. The molecule has 22 heavy (non-hydrogen) atoms. The lowest BCUT2D eigenvalue weighted by molar-refractivity contribution is -0.137. The van der Waals surface area contributed by atoms with Crippen LogP contribution >= 0.6 is 0 Å². The minimum Gasteiger partial charge on any atom is -0.494 e. The maximum Gasteiger partial charge on any atom is 0.119 e. The van der Waals surface area contributed by atoms with E-state index in [1.807, 2.05) is 19.1 Å². The van der Waals surface area contributed by atoms with Crippen molar-refractivity contribution in [2.45, 2.75) is 64.6 Å². The zero-order valence-electron chi connectivity index (χ0n) is 14.1. The lowest BCUT2D eigenvalue weighted by atomic mass is 10.1. The largest absolute Gasteiger partial charge is 0.494 e. The summed E-state index contributed by atoms with van der Waals surface area (Å²) in [7, 11) is 0. The molecule has 3 nitrogen and oxygen atoms in total. The minimum absolute atomic E-state index is 0.0621. The second kappa shape index (κ2) is 9.86. The third kappa shape index (κ3) is 5.62. The number of hydrogen-bond acceptors (Lipinski definition) is 3. The van der Waals surface area contributed by atoms with Crippen LogP contribution in [-0.2, 0) is 9.47 Å². The van der Waals surface area contributed by atoms with E-state index in [9.17, 15) is 0 Å². The third-order valence-electron chi connectivity index (χ3n) is 4.16. The molecule has 2 atom stereocenters. The van der Waals surface area contributed by atoms with Crippen LogP contribution in [0.2, 0.25) is 0 Å². The molecule has 0 spiro atoms. The van der Waals surface area contributed by atoms with Gasteiger partial charge in [-0.2, -0.15) is 0 Å². The summed E-state index contributed by atoms with van der Waals surface area (Å²) in [5, 5.41) is 0. The molecule has 0 aromatic heterocycles. The first-order valence-corrected chi connectivity index (χ1v) is 8.79. The fraction of sp³-hybridized carbons (Fsp3) is 0.684. The van der Waals surface area contributed by atoms with Crippen molar-refractivity contribution < 1.29 is 14.2 Å². The van der Waals surface area contributed by atoms with Gasteiger partial charge in [-0.15, -0.1) is 0 Å². The molecule has 0 amide bonds. The smallest absolute Gasteiger partial charge is 0.119 e. The van der Waals surface area contributed by atoms with E-state index >= 15 is 0 Å². The highest BCUT2D eigenvalue weighted by atomic mass is 16.6. The maximum atomic E-state index is 5.99. The van der Waals surface area contributed by atoms with Crippen molar-refractivity contribution in [1.82, 2.24) is 0 Å². The van der Waals surface area contributed by atoms with Crippen LogP contribution in [0.25, 0.3) is 0 Å². The molecule has 1 aromatic rings. The monoisotopic (exact) mass is 306 g/mol. The Morgan fingerprint density at radius 3 is 2.36 bits per heavy atom. The number of benzene rings is 1. The van der Waals surface area contributed by atoms with Gasteiger partial charge in [-0.25, -0.2) is 0 Å². The standard InChI is InChI=1S/C19H30O3/c1-3-5-6-7-8-9-18-14-22-19(15-21-18)16-10-12-17(13-11-16)20-4-2/h10-13,18-19H,3-9,14-15H2,1-2H3/t18-,19-/m0/s1. The van der Waals surface area contributed by atoms with E-state index in [4.69, 9.17) is 14.2 Å². The Hall–Kier alpha value is -1.06. The van der Waals surface area contributed by atoms with E-state index < -0.39 is 0 Å². The van der Waals surface area contributed by atoms with E-state index in [1.54, 1.807) is 0 Å². The molecule has 0 saturated carbocycles. The fourth-order valence-electron chi connectivity index (χ4n) is 2.82. The van der Waals surface area contributed by atoms with Gasteiger partial charge in [0.15, 0.2) is 0 Å². The third-order valence-corrected chi connectivity index (χ3v) is 4.16. The summed E-state index contributed by atoms with van der Waals surface area (Å²) in [5.74, 6) is 0.910. The van der Waals surface area contributed by atoms with Crippen molar-refractivity contribution in [2.24, 2.45) is 0 Å². The zero-order valence-corrected chi connectivity index (χ0v) is 14.1. The van der Waals surface area contributed by atoms with Crippen LogP contribution in [0.3, 0.4) is 0 Å². The summed E-state index contributed by atoms with van der Waals surface area (Å²) in [6, 6.07) is 8.15. The highest BCUT2D eigenvalue weighted by Gasteiger charge is 2.23. The van der Waals surface area contributed by atoms with Crippen molar-refractivity contribution >= 4 is 0 Å². The number of ether oxygens (including phenoxy) is 3. The van der Waals surface area contributed by atoms with Crippen LogP contribution in [0, 0.1) is 0 Å². The molecule has 124 valence electrons. The van der Waals surface area contributed by atoms with Gasteiger partial charge >= 0.3 is 0 Å². The normalized spacial score (nSPS) is 21.7. The Balaban J connectivity index is 1.68. The number of rotatable bonds is 9. The molecular weight excluding hydrogens is 276 g/mol. The zero-order chi connectivity index (χ0) is 15.6. The van der Waals surface area contributed by atoms with Gasteiger partial charge in [0.1, 0.15) is 11.9 Å². The Morgan fingerprint density at radius 2 is 1.73 bits per heavy atom. The van der Waals surface area contributed by atoms with Crippen molar-refractivity contribution in [3.63, 3.8) is 0 Å². The topological polar surface area (TPSA) is 27.7 Å². The first-order valence-electron chi connectivity index (χ1n) is 8.79. The fourth-order valence-corrected chi connectivity index (χ4v) is 2.82. The molecule has 0 N–H and O–H groups in total. The summed E-state index contributed by atoms with van der Waals surface area (Å²) in [4.78, 5) is 0. The Labute approximate surface area is 135 Å². The van der Waals surface area contributed by atoms with Crippen LogP contribution in [-0.4, -0.2) is 25.9 Å². The van der Waals surface area contributed by atoms with Gasteiger partial charge in [-0.05, 0) is 31.0 Å². The van der Waals surface area contributed by atoms with Gasteiger partial charge < -0.3 is 14.2 Å². The lowest BCUT2D eigenvalue weighted by Crippen LogP contribution is -2.31. The molecule has 1 aromatic carbocycles. The predicted octanol–water partition coefficient (Wildman–Crippen LogP) is 4.90. The molecule has 0 radical (unpaired) electrons. The molecular formula is C19H30O3. The van der Waals surface area contributed by atoms with E-state index in [1.165, 1.54) is 37.7 Å². The summed E-state index contributed by atoms with van der Waals surface area (Å²) in [6.07, 6.45) is 8.03. The Bertz CT molecular complexity index is 394. The Morgan fingerprint density at radius 1 is 0.955 bits per heavy atom. The van der Waals surface area contributed by atoms with Gasteiger partial charge in [-0.3, -0.25) is 0 Å². The van der Waals surface area contributed by atoms with Crippen LogP contribution in [0.1, 0.15) is 64.0 Å². The van der Waals surface area contributed by atoms with Crippen LogP contribution in [0.4, 0.5) is 0 Å². The molecule has 3 heteroatoms. The van der Waals surface area contributed by atoms with Gasteiger partial charge in [0, 0.05) is 0 Å². The molecule has 0 unspecified atom stereocenters. The van der Waals surface area contributed by atoms with Gasteiger partial charge in [0.05, 0.1) is 25.9 Å². The number of unbranched alkanes of at least 4 members (excludes halogenated alkanes) is 4. The van der Waals surface area contributed by atoms with Crippen LogP contribution in [0.5, 0.6) is 5.75 Å². The van der Waals surface area contributed by atoms with Crippen molar-refractivity contribution in [3.05, 3.63) is 29.8 Å². The highest BCUT2D eigenvalue weighted by molar-refractivity contribution is 5.28. The maximum absolute atomic E-state index is 5.99. The summed E-state index contributed by atoms with van der Waals surface area (Å²) >= 11 is 0. The minimum atomic E-state index is 0.0621. The SMILES string of the molecule is CCCCCCC[C@H]1CO[C@H](c2ccc(OCC)cc2)CO1. The second-order valence-electron chi connectivity index (χ2n) is 5.98. The van der Waals surface area contributed by atoms with E-state index in [-0.39, 0.29) is 12.2 Å². The van der Waals surface area contributed by atoms with Crippen LogP contribution in [0.15, 0.2) is 24.3 Å². The first-order chi connectivity index (χ1) is 10.8. The summed E-state index contributed by atoms with van der Waals surface area (Å²) in [6.45, 7) is 6.31. The van der Waals surface area contributed by atoms with Crippen molar-refractivity contribution in [2.75, 3.05) is 19.8 Å². The highest BCUT2D eigenvalue weighted by Crippen LogP contribution is 2.26. The molecule has 0 aliphatic carbocycles. The molecule has 1 saturated heterocycles. The average Bonchev–Trinajstić information content (AvgIpc) is 2.56. The molecule has 1 aliphatic heterocycles. The predicted molar refractivity (Wildman–Crippen MR) is 89.4 cm³/mol. The van der Waals surface area contributed by atoms with Crippen molar-refractivity contribution in [3.8, 4) is 5.75 Å². The van der Waals surface area contributed by atoms with Gasteiger partial charge in [0.25, 0.3) is 0 Å². The number of hydrogen-bond donors (Lipinski definition) is 0. The molecule has 1 aliphatic rings. The second-order valence-corrected chi connectivity index (χ2v) is 5.98. The quantitative estimate of drug-likeness (QED) is 0.607. The summed E-state index contributed by atoms with van der Waals surface area (Å²) in [5.41, 5.74) is 1.17. The first kappa shape index (κ1) is 17.3. The van der Waals surface area contributed by atoms with Gasteiger partial charge in [-0.1, -0.05) is 51.2 Å². The lowest BCUT2D eigenvalue weighted by Gasteiger charge is -2.30. The van der Waals surface area contributed by atoms with E-state index in [0.717, 1.165) is 12.2 Å². The average molecular weight is 306 g/mol. The molecule has 1 heterocycles. The van der Waals surface area contributed by atoms with Gasteiger partial charge in [0.2, 0.25) is 0 Å².